The zero-order chi connectivity index (χ0) is 18.6. The summed E-state index contributed by atoms with van der Waals surface area (Å²) in [7, 11) is 0. The number of nitrogens with zero attached hydrogens (tertiary/aromatic N) is 2. The average Bonchev–Trinajstić information content (AvgIpc) is 3.52. The molecule has 0 bridgehead atoms. The highest BCUT2D eigenvalue weighted by atomic mass is 16.2. The van der Waals surface area contributed by atoms with Gasteiger partial charge < -0.3 is 15.1 Å². The zero-order valence-corrected chi connectivity index (χ0v) is 15.7. The van der Waals surface area contributed by atoms with E-state index in [-0.39, 0.29) is 11.9 Å². The number of hydrogen-bond donors (Lipinski definition) is 1. The molecular formula is C22H27N3O2. The fraction of sp³-hybridized carbons (Fsp3) is 0.455. The molecular weight excluding hydrogens is 338 g/mol. The zero-order valence-electron chi connectivity index (χ0n) is 15.7. The van der Waals surface area contributed by atoms with Crippen LogP contribution in [0.25, 0.3) is 10.8 Å². The molecule has 2 aliphatic rings. The molecule has 5 heteroatoms. The third kappa shape index (κ3) is 4.59. The lowest BCUT2D eigenvalue weighted by Gasteiger charge is -2.22. The van der Waals surface area contributed by atoms with Crippen molar-refractivity contribution in [3.8, 4) is 0 Å². The Kier molecular flexibility index (Phi) is 5.28. The molecule has 1 aliphatic carbocycles. The first kappa shape index (κ1) is 17.8. The first-order chi connectivity index (χ1) is 13.2. The maximum atomic E-state index is 12.7. The molecule has 2 aromatic carbocycles. The van der Waals surface area contributed by atoms with Crippen molar-refractivity contribution in [3.63, 3.8) is 0 Å². The number of anilines is 1. The van der Waals surface area contributed by atoms with Crippen LogP contribution in [-0.4, -0.2) is 47.9 Å². The number of benzene rings is 2. The van der Waals surface area contributed by atoms with Gasteiger partial charge in [0, 0.05) is 38.3 Å². The van der Waals surface area contributed by atoms with Crippen molar-refractivity contribution < 1.29 is 9.59 Å². The van der Waals surface area contributed by atoms with Gasteiger partial charge in [-0.3, -0.25) is 4.79 Å². The maximum absolute atomic E-state index is 12.7. The van der Waals surface area contributed by atoms with Gasteiger partial charge in [0.05, 0.1) is 0 Å². The van der Waals surface area contributed by atoms with E-state index in [4.69, 9.17) is 0 Å². The van der Waals surface area contributed by atoms with Gasteiger partial charge >= 0.3 is 6.03 Å². The topological polar surface area (TPSA) is 52.7 Å². The van der Waals surface area contributed by atoms with E-state index in [9.17, 15) is 9.59 Å². The van der Waals surface area contributed by atoms with Crippen LogP contribution in [0.1, 0.15) is 32.1 Å². The molecule has 0 aromatic heterocycles. The second-order valence-corrected chi connectivity index (χ2v) is 7.70. The van der Waals surface area contributed by atoms with Crippen molar-refractivity contribution in [2.24, 2.45) is 5.92 Å². The van der Waals surface area contributed by atoms with E-state index in [0.717, 1.165) is 41.8 Å². The number of urea groups is 1. The third-order valence-electron chi connectivity index (χ3n) is 5.60. The van der Waals surface area contributed by atoms with Crippen LogP contribution in [0, 0.1) is 5.92 Å². The molecule has 0 radical (unpaired) electrons. The molecule has 0 unspecified atom stereocenters. The minimum absolute atomic E-state index is 0.0856. The monoisotopic (exact) mass is 365 g/mol. The number of carbonyl (C=O) groups excluding carboxylic acids is 2. The first-order valence-corrected chi connectivity index (χ1v) is 10.0. The molecule has 1 saturated heterocycles. The highest BCUT2D eigenvalue weighted by molar-refractivity contribution is 5.93. The first-order valence-electron chi connectivity index (χ1n) is 10.0. The Hall–Kier alpha value is -2.56. The summed E-state index contributed by atoms with van der Waals surface area (Å²) >= 11 is 0. The molecule has 142 valence electrons. The summed E-state index contributed by atoms with van der Waals surface area (Å²) in [6, 6.07) is 14.0. The Bertz CT molecular complexity index is 831. The molecule has 0 atom stereocenters. The van der Waals surface area contributed by atoms with Crippen molar-refractivity contribution in [2.75, 3.05) is 31.5 Å². The van der Waals surface area contributed by atoms with Crippen LogP contribution < -0.4 is 5.32 Å². The molecule has 5 nitrogen and oxygen atoms in total. The van der Waals surface area contributed by atoms with E-state index in [2.05, 4.69) is 11.4 Å². The molecule has 0 spiro atoms. The van der Waals surface area contributed by atoms with E-state index in [1.807, 2.05) is 46.2 Å². The highest BCUT2D eigenvalue weighted by Crippen LogP contribution is 2.33. The predicted octanol–water partition coefficient (Wildman–Crippen LogP) is 4.10. The highest BCUT2D eigenvalue weighted by Gasteiger charge is 2.25. The Labute approximate surface area is 160 Å². The second kappa shape index (κ2) is 7.99. The lowest BCUT2D eigenvalue weighted by atomic mass is 10.1. The summed E-state index contributed by atoms with van der Waals surface area (Å²) in [6.07, 6.45) is 5.10. The molecule has 1 saturated carbocycles. The number of carbonyl (C=O) groups is 2. The van der Waals surface area contributed by atoms with E-state index >= 15 is 0 Å². The predicted molar refractivity (Wildman–Crippen MR) is 108 cm³/mol. The quantitative estimate of drug-likeness (QED) is 0.887. The second-order valence-electron chi connectivity index (χ2n) is 7.70. The standard InChI is InChI=1S/C22H27N3O2/c26-21(11-8-17-6-7-17)24-12-3-13-25(15-14-24)22(27)23-20-10-9-18-4-1-2-5-19(18)16-20/h1-2,4-5,9-10,16-17H,3,6-8,11-15H2,(H,23,27). The van der Waals surface area contributed by atoms with Gasteiger partial charge in [0.1, 0.15) is 0 Å². The van der Waals surface area contributed by atoms with E-state index in [1.54, 1.807) is 0 Å². The number of fused-ring (bicyclic) bond motifs is 1. The number of amides is 3. The molecule has 1 heterocycles. The summed E-state index contributed by atoms with van der Waals surface area (Å²) in [5.41, 5.74) is 0.806. The van der Waals surface area contributed by atoms with Crippen molar-refractivity contribution >= 4 is 28.4 Å². The number of nitrogens with one attached hydrogen (secondary N) is 1. The van der Waals surface area contributed by atoms with Crippen LogP contribution in [0.15, 0.2) is 42.5 Å². The van der Waals surface area contributed by atoms with Crippen LogP contribution in [0.5, 0.6) is 0 Å². The number of rotatable bonds is 4. The lowest BCUT2D eigenvalue weighted by Crippen LogP contribution is -2.39. The van der Waals surface area contributed by atoms with Crippen molar-refractivity contribution in [2.45, 2.75) is 32.1 Å². The summed E-state index contributed by atoms with van der Waals surface area (Å²) < 4.78 is 0. The van der Waals surface area contributed by atoms with Crippen molar-refractivity contribution in [1.29, 1.82) is 0 Å². The summed E-state index contributed by atoms with van der Waals surface area (Å²) in [5.74, 6) is 1.03. The molecule has 2 aromatic rings. The fourth-order valence-corrected chi connectivity index (χ4v) is 3.73. The van der Waals surface area contributed by atoms with Crippen LogP contribution in [0.4, 0.5) is 10.5 Å². The normalized spacial score (nSPS) is 17.6. The summed E-state index contributed by atoms with van der Waals surface area (Å²) in [4.78, 5) is 28.8. The van der Waals surface area contributed by atoms with E-state index in [0.29, 0.717) is 26.1 Å². The minimum atomic E-state index is -0.0856. The fourth-order valence-electron chi connectivity index (χ4n) is 3.73. The summed E-state index contributed by atoms with van der Waals surface area (Å²) in [5, 5.41) is 5.28. The maximum Gasteiger partial charge on any atom is 0.321 e. The molecule has 2 fully saturated rings. The van der Waals surface area contributed by atoms with Crippen molar-refractivity contribution in [1.82, 2.24) is 9.80 Å². The van der Waals surface area contributed by atoms with Gasteiger partial charge in [0.2, 0.25) is 5.91 Å². The van der Waals surface area contributed by atoms with Gasteiger partial charge in [-0.25, -0.2) is 4.79 Å². The van der Waals surface area contributed by atoms with Crippen LogP contribution in [0.2, 0.25) is 0 Å². The van der Waals surface area contributed by atoms with Crippen LogP contribution in [0.3, 0.4) is 0 Å². The molecule has 1 N–H and O–H groups in total. The Morgan fingerprint density at radius 3 is 2.48 bits per heavy atom. The number of hydrogen-bond acceptors (Lipinski definition) is 2. The molecule has 4 rings (SSSR count). The van der Waals surface area contributed by atoms with Crippen LogP contribution >= 0.6 is 0 Å². The average molecular weight is 365 g/mol. The Morgan fingerprint density at radius 2 is 1.67 bits per heavy atom. The third-order valence-corrected chi connectivity index (χ3v) is 5.60. The molecule has 27 heavy (non-hydrogen) atoms. The van der Waals surface area contributed by atoms with Crippen LogP contribution in [-0.2, 0) is 4.79 Å². The Balaban J connectivity index is 1.32. The van der Waals surface area contributed by atoms with Gasteiger partial charge in [-0.05, 0) is 41.7 Å². The minimum Gasteiger partial charge on any atom is -0.341 e. The lowest BCUT2D eigenvalue weighted by molar-refractivity contribution is -0.131. The SMILES string of the molecule is O=C(CCC1CC1)N1CCCN(C(=O)Nc2ccc3ccccc3c2)CC1. The van der Waals surface area contributed by atoms with Gasteiger partial charge in [-0.15, -0.1) is 0 Å². The smallest absolute Gasteiger partial charge is 0.321 e. The largest absolute Gasteiger partial charge is 0.341 e. The van der Waals surface area contributed by atoms with E-state index < -0.39 is 0 Å². The Morgan fingerprint density at radius 1 is 0.926 bits per heavy atom. The molecule has 1 aliphatic heterocycles. The summed E-state index contributed by atoms with van der Waals surface area (Å²) in [6.45, 7) is 2.66. The van der Waals surface area contributed by atoms with Gasteiger partial charge in [-0.2, -0.15) is 0 Å². The molecule has 3 amide bonds. The van der Waals surface area contributed by atoms with Gasteiger partial charge in [0.15, 0.2) is 0 Å². The van der Waals surface area contributed by atoms with Gasteiger partial charge in [0.25, 0.3) is 0 Å². The van der Waals surface area contributed by atoms with Crippen molar-refractivity contribution in [3.05, 3.63) is 42.5 Å². The van der Waals surface area contributed by atoms with Gasteiger partial charge in [-0.1, -0.05) is 43.2 Å². The van der Waals surface area contributed by atoms with E-state index in [1.165, 1.54) is 12.8 Å².